The molecular formula is C34H42F4N2Ti. The first-order chi connectivity index (χ1) is 18.9. The van der Waals surface area contributed by atoms with Gasteiger partial charge < -0.3 is 10.6 Å². The molecule has 0 atom stereocenters. The molecule has 4 aromatic carbocycles. The first kappa shape index (κ1) is 38.2. The molecule has 0 saturated heterocycles. The predicted octanol–water partition coefficient (Wildman–Crippen LogP) is 10.0. The fourth-order valence-electron chi connectivity index (χ4n) is 2.72. The van der Waals surface area contributed by atoms with E-state index in [1.165, 1.54) is 24.3 Å². The molecule has 0 heterocycles. The van der Waals surface area contributed by atoms with E-state index in [9.17, 15) is 17.6 Å². The van der Waals surface area contributed by atoms with Gasteiger partial charge in [0.2, 0.25) is 0 Å². The van der Waals surface area contributed by atoms with Crippen molar-refractivity contribution < 1.29 is 39.3 Å². The van der Waals surface area contributed by atoms with E-state index in [4.69, 9.17) is 0 Å². The molecule has 0 spiro atoms. The van der Waals surface area contributed by atoms with Crippen LogP contribution >= 0.6 is 0 Å². The van der Waals surface area contributed by atoms with Gasteiger partial charge in [-0.3, -0.25) is 0 Å². The second kappa shape index (κ2) is 20.1. The molecule has 2 nitrogen and oxygen atoms in total. The van der Waals surface area contributed by atoms with Crippen LogP contribution in [0.5, 0.6) is 0 Å². The summed E-state index contributed by atoms with van der Waals surface area (Å²) in [5.74, 6) is -2.68. The van der Waals surface area contributed by atoms with Crippen molar-refractivity contribution in [1.82, 2.24) is 0 Å². The second-order valence-electron chi connectivity index (χ2n) is 10.7. The van der Waals surface area contributed by atoms with Gasteiger partial charge in [0.25, 0.3) is 0 Å². The van der Waals surface area contributed by atoms with Crippen LogP contribution in [-0.4, -0.2) is 13.1 Å². The van der Waals surface area contributed by atoms with E-state index in [-0.39, 0.29) is 32.5 Å². The number of rotatable bonds is 8. The maximum Gasteiger partial charge on any atom is 4.00 e. The van der Waals surface area contributed by atoms with Gasteiger partial charge in [-0.2, -0.15) is 36.4 Å². The molecule has 0 fully saturated rings. The Balaban J connectivity index is 0.000000573. The monoisotopic (exact) mass is 602 g/mol. The standard InChI is InChI=1S/2C12H16F2N.2C5H5.Ti/c2*1-4-12(2,3)8-15-11-6-5-9(13)7-10(11)14;2*1-2-4-5-3-1;/h2*5-6,15H,4,8H2,1-3H3;2*1-5H;/q4*-1;+4. The van der Waals surface area contributed by atoms with Gasteiger partial charge in [0.05, 0.1) is 0 Å². The van der Waals surface area contributed by atoms with E-state index in [0.717, 1.165) is 12.8 Å². The predicted molar refractivity (Wildman–Crippen MR) is 160 cm³/mol. The Bertz CT molecular complexity index is 1050. The van der Waals surface area contributed by atoms with Gasteiger partial charge in [0.1, 0.15) is 0 Å². The number of benzene rings is 2. The third-order valence-corrected chi connectivity index (χ3v) is 6.26. The molecule has 4 rings (SSSR count). The Kier molecular flexibility index (Phi) is 18.7. The molecule has 0 amide bonds. The van der Waals surface area contributed by atoms with Crippen molar-refractivity contribution in [2.75, 3.05) is 23.7 Å². The molecule has 0 aromatic heterocycles. The van der Waals surface area contributed by atoms with Crippen molar-refractivity contribution in [2.24, 2.45) is 10.8 Å². The summed E-state index contributed by atoms with van der Waals surface area (Å²) in [4.78, 5) is 0. The molecule has 0 saturated carbocycles. The van der Waals surface area contributed by atoms with Gasteiger partial charge in [-0.05, 0) is 35.0 Å². The van der Waals surface area contributed by atoms with Crippen molar-refractivity contribution in [3.63, 3.8) is 0 Å². The number of anilines is 2. The molecule has 2 N–H and O–H groups in total. The molecule has 4 aromatic rings. The molecule has 0 aliphatic rings. The van der Waals surface area contributed by atoms with Crippen molar-refractivity contribution in [1.29, 1.82) is 0 Å². The summed E-state index contributed by atoms with van der Waals surface area (Å²) >= 11 is 0. The average molecular weight is 603 g/mol. The fourth-order valence-corrected chi connectivity index (χ4v) is 2.72. The zero-order chi connectivity index (χ0) is 30.0. The molecule has 0 radical (unpaired) electrons. The van der Waals surface area contributed by atoms with Gasteiger partial charge >= 0.3 is 21.7 Å². The maximum absolute atomic E-state index is 13.2. The number of halogens is 4. The summed E-state index contributed by atoms with van der Waals surface area (Å²) in [6.45, 7) is 13.8. The normalized spacial score (nSPS) is 10.4. The minimum absolute atomic E-state index is 0. The van der Waals surface area contributed by atoms with E-state index in [1.54, 1.807) is 0 Å². The van der Waals surface area contributed by atoms with Crippen LogP contribution in [-0.2, 0) is 21.7 Å². The quantitative estimate of drug-likeness (QED) is 0.119. The molecule has 0 bridgehead atoms. The van der Waals surface area contributed by atoms with E-state index in [0.29, 0.717) is 24.5 Å². The van der Waals surface area contributed by atoms with E-state index in [2.05, 4.69) is 52.2 Å². The van der Waals surface area contributed by atoms with Crippen LogP contribution in [0.4, 0.5) is 28.9 Å². The minimum Gasteiger partial charge on any atom is -0.434 e. The molecule has 220 valence electrons. The summed E-state index contributed by atoms with van der Waals surface area (Å²) in [7, 11) is 0. The second-order valence-corrected chi connectivity index (χ2v) is 10.7. The van der Waals surface area contributed by atoms with Crippen molar-refractivity contribution >= 4 is 11.4 Å². The Morgan fingerprint density at radius 3 is 1.15 bits per heavy atom. The fraction of sp³-hybridized carbons (Fsp3) is 0.353. The van der Waals surface area contributed by atoms with E-state index in [1.807, 2.05) is 72.8 Å². The minimum atomic E-state index is -0.673. The summed E-state index contributed by atoms with van der Waals surface area (Å²) in [6.07, 6.45) is 1.99. The first-order valence-electron chi connectivity index (χ1n) is 13.4. The Morgan fingerprint density at radius 2 is 0.927 bits per heavy atom. The molecule has 41 heavy (non-hydrogen) atoms. The zero-order valence-electron chi connectivity index (χ0n) is 24.9. The summed E-state index contributed by atoms with van der Waals surface area (Å²) in [5, 5.41) is 5.92. The van der Waals surface area contributed by atoms with Gasteiger partial charge in [0.15, 0.2) is 0 Å². The summed E-state index contributed by atoms with van der Waals surface area (Å²) in [6, 6.07) is 29.2. The molecule has 0 aliphatic carbocycles. The van der Waals surface area contributed by atoms with E-state index < -0.39 is 23.3 Å². The zero-order valence-corrected chi connectivity index (χ0v) is 26.5. The van der Waals surface area contributed by atoms with Gasteiger partial charge in [-0.1, -0.05) is 41.5 Å². The SMILES string of the molecule is CCC(C)(C)CNc1ccc(F)[c-]c1F.CCC(C)(C)CNc1ccc(F)[c-]c1F.[Ti+4].c1cc[cH-]c1.c1cc[cH-]c1. The maximum atomic E-state index is 13.2. The van der Waals surface area contributed by atoms with Crippen molar-refractivity contribution in [3.05, 3.63) is 120 Å². The van der Waals surface area contributed by atoms with Crippen LogP contribution < -0.4 is 10.6 Å². The summed E-state index contributed by atoms with van der Waals surface area (Å²) in [5.41, 5.74) is 0.803. The molecular weight excluding hydrogens is 560 g/mol. The van der Waals surface area contributed by atoms with Crippen LogP contribution in [0.25, 0.3) is 0 Å². The Labute approximate surface area is 259 Å². The molecule has 0 unspecified atom stereocenters. The van der Waals surface area contributed by atoms with Crippen LogP contribution in [0.3, 0.4) is 0 Å². The third kappa shape index (κ3) is 17.6. The third-order valence-electron chi connectivity index (χ3n) is 6.26. The Hall–Kier alpha value is -2.83. The van der Waals surface area contributed by atoms with Crippen molar-refractivity contribution in [3.8, 4) is 0 Å². The van der Waals surface area contributed by atoms with Crippen LogP contribution in [0.1, 0.15) is 54.4 Å². The van der Waals surface area contributed by atoms with Crippen molar-refractivity contribution in [2.45, 2.75) is 54.4 Å². The average Bonchev–Trinajstić information content (AvgIpc) is 3.68. The van der Waals surface area contributed by atoms with Gasteiger partial charge in [0, 0.05) is 36.4 Å². The Morgan fingerprint density at radius 1 is 0.610 bits per heavy atom. The number of hydrogen-bond acceptors (Lipinski definition) is 2. The van der Waals surface area contributed by atoms with Crippen LogP contribution in [0, 0.1) is 46.2 Å². The van der Waals surface area contributed by atoms with Crippen LogP contribution in [0.2, 0.25) is 0 Å². The topological polar surface area (TPSA) is 24.1 Å². The molecule has 7 heteroatoms. The smallest absolute Gasteiger partial charge is 0.434 e. The van der Waals surface area contributed by atoms with Crippen LogP contribution in [0.15, 0.2) is 84.9 Å². The van der Waals surface area contributed by atoms with Gasteiger partial charge in [-0.25, -0.2) is 41.8 Å². The summed E-state index contributed by atoms with van der Waals surface area (Å²) < 4.78 is 51.5. The largest absolute Gasteiger partial charge is 4.00 e. The molecule has 0 aliphatic heterocycles. The first-order valence-corrected chi connectivity index (χ1v) is 13.4. The number of hydrogen-bond donors (Lipinski definition) is 2. The number of nitrogens with one attached hydrogen (secondary N) is 2. The van der Waals surface area contributed by atoms with Gasteiger partial charge in [-0.15, -0.1) is 36.4 Å². The van der Waals surface area contributed by atoms with E-state index >= 15 is 0 Å².